The van der Waals surface area contributed by atoms with E-state index in [4.69, 9.17) is 11.6 Å². The van der Waals surface area contributed by atoms with Crippen LogP contribution in [0.25, 0.3) is 0 Å². The van der Waals surface area contributed by atoms with E-state index in [0.717, 1.165) is 11.5 Å². The maximum Gasteiger partial charge on any atom is 0.270 e. The van der Waals surface area contributed by atoms with Gasteiger partial charge in [0.1, 0.15) is 10.8 Å². The lowest BCUT2D eigenvalue weighted by atomic mass is 10.1. The molecular formula is C15H18ClN3O4S. The monoisotopic (exact) mass is 371 g/mol. The molecule has 130 valence electrons. The molecule has 0 saturated carbocycles. The largest absolute Gasteiger partial charge is 0.389 e. The Morgan fingerprint density at radius 2 is 1.88 bits per heavy atom. The van der Waals surface area contributed by atoms with E-state index in [1.165, 1.54) is 17.0 Å². The quantitative estimate of drug-likeness (QED) is 0.716. The van der Waals surface area contributed by atoms with Crippen molar-refractivity contribution in [3.8, 4) is 0 Å². The lowest BCUT2D eigenvalue weighted by Crippen LogP contribution is -2.45. The number of amides is 2. The number of carbonyl (C=O) groups excluding carboxylic acids is 2. The van der Waals surface area contributed by atoms with Crippen molar-refractivity contribution in [2.45, 2.75) is 6.10 Å². The van der Waals surface area contributed by atoms with Crippen molar-refractivity contribution >= 4 is 35.2 Å². The number of nitrogens with one attached hydrogen (secondary N) is 1. The molecule has 1 atom stereocenters. The zero-order valence-corrected chi connectivity index (χ0v) is 14.5. The van der Waals surface area contributed by atoms with E-state index in [-0.39, 0.29) is 41.2 Å². The van der Waals surface area contributed by atoms with E-state index in [1.54, 1.807) is 16.7 Å². The molecule has 2 fully saturated rings. The predicted molar refractivity (Wildman–Crippen MR) is 91.4 cm³/mol. The summed E-state index contributed by atoms with van der Waals surface area (Å²) in [6.07, 6.45) is -0.820. The third-order valence-corrected chi connectivity index (χ3v) is 5.61. The molecule has 0 aliphatic carbocycles. The van der Waals surface area contributed by atoms with Crippen molar-refractivity contribution < 1.29 is 14.7 Å². The first-order valence-corrected chi connectivity index (χ1v) is 9.21. The number of β-amino-alcohol motifs (C(OH)–C–C–N with tert-alkyl or cyclic N) is 1. The molecule has 0 radical (unpaired) electrons. The number of aliphatic hydroxyl groups excluding tert-OH is 1. The predicted octanol–water partition coefficient (Wildman–Crippen LogP) is 0.0366. The third-order valence-electron chi connectivity index (χ3n) is 4.13. The topological polar surface area (TPSA) is 93.7 Å². The van der Waals surface area contributed by atoms with Crippen LogP contribution in [0.4, 0.5) is 0 Å². The van der Waals surface area contributed by atoms with Gasteiger partial charge in [-0.2, -0.15) is 11.8 Å². The molecule has 1 unspecified atom stereocenters. The van der Waals surface area contributed by atoms with Gasteiger partial charge in [-0.05, 0) is 0 Å². The van der Waals surface area contributed by atoms with E-state index in [2.05, 4.69) is 4.98 Å². The van der Waals surface area contributed by atoms with Gasteiger partial charge in [0.15, 0.2) is 5.43 Å². The van der Waals surface area contributed by atoms with Crippen molar-refractivity contribution in [2.75, 3.05) is 37.7 Å². The summed E-state index contributed by atoms with van der Waals surface area (Å²) in [5.74, 6) is 1.28. The minimum absolute atomic E-state index is 0.0220. The normalized spacial score (nSPS) is 22.0. The summed E-state index contributed by atoms with van der Waals surface area (Å²) in [5, 5.41) is 10.2. The fourth-order valence-electron chi connectivity index (χ4n) is 2.81. The summed E-state index contributed by atoms with van der Waals surface area (Å²) in [5.41, 5.74) is -0.286. The van der Waals surface area contributed by atoms with E-state index >= 15 is 0 Å². The number of hydrogen-bond donors (Lipinski definition) is 2. The van der Waals surface area contributed by atoms with Crippen LogP contribution in [0.1, 0.15) is 10.5 Å². The second kappa shape index (κ2) is 7.16. The highest BCUT2D eigenvalue weighted by Gasteiger charge is 2.33. The summed E-state index contributed by atoms with van der Waals surface area (Å²) < 4.78 is 0. The number of nitrogens with zero attached hydrogens (tertiary/aromatic N) is 2. The van der Waals surface area contributed by atoms with Crippen LogP contribution in [0.15, 0.2) is 16.9 Å². The number of carbonyl (C=O) groups is 2. The number of H-pyrrole nitrogens is 1. The Hall–Kier alpha value is -1.51. The van der Waals surface area contributed by atoms with Crippen LogP contribution < -0.4 is 5.43 Å². The van der Waals surface area contributed by atoms with Crippen molar-refractivity contribution in [1.29, 1.82) is 0 Å². The molecule has 24 heavy (non-hydrogen) atoms. The first kappa shape index (κ1) is 17.3. The summed E-state index contributed by atoms with van der Waals surface area (Å²) in [6, 6.07) is 2.37. The average molecular weight is 372 g/mol. The van der Waals surface area contributed by atoms with Gasteiger partial charge >= 0.3 is 0 Å². The molecule has 3 rings (SSSR count). The Morgan fingerprint density at radius 3 is 2.50 bits per heavy atom. The van der Waals surface area contributed by atoms with Gasteiger partial charge in [0.05, 0.1) is 12.0 Å². The summed E-state index contributed by atoms with van der Waals surface area (Å²) in [7, 11) is 0. The van der Waals surface area contributed by atoms with Crippen LogP contribution in [0, 0.1) is 5.92 Å². The Kier molecular flexibility index (Phi) is 5.17. The first-order valence-electron chi connectivity index (χ1n) is 7.68. The lowest BCUT2D eigenvalue weighted by molar-refractivity contribution is -0.135. The molecule has 2 amide bonds. The Morgan fingerprint density at radius 1 is 1.21 bits per heavy atom. The molecule has 2 aliphatic heterocycles. The fourth-order valence-corrected chi connectivity index (χ4v) is 3.77. The van der Waals surface area contributed by atoms with Crippen molar-refractivity contribution in [2.24, 2.45) is 5.92 Å². The smallest absolute Gasteiger partial charge is 0.270 e. The number of halogens is 1. The van der Waals surface area contributed by atoms with Crippen molar-refractivity contribution in [3.05, 3.63) is 33.2 Å². The van der Waals surface area contributed by atoms with Crippen molar-refractivity contribution in [3.63, 3.8) is 0 Å². The van der Waals surface area contributed by atoms with Crippen LogP contribution >= 0.6 is 23.4 Å². The van der Waals surface area contributed by atoms with Gasteiger partial charge in [-0.15, -0.1) is 0 Å². The third kappa shape index (κ3) is 3.76. The first-order chi connectivity index (χ1) is 11.4. The zero-order chi connectivity index (χ0) is 17.3. The lowest BCUT2D eigenvalue weighted by Gasteiger charge is -2.31. The SMILES string of the molecule is O=C(c1cc(=O)cc(Cl)[nH]1)N1CCN(C(=O)C2CSC2)CC(O)C1. The second-order valence-corrected chi connectivity index (χ2v) is 7.48. The number of aliphatic hydroxyl groups is 1. The molecule has 1 aromatic heterocycles. The van der Waals surface area contributed by atoms with Crippen LogP contribution in [0.5, 0.6) is 0 Å². The molecule has 3 heterocycles. The molecular weight excluding hydrogens is 354 g/mol. The van der Waals surface area contributed by atoms with Gasteiger partial charge < -0.3 is 19.9 Å². The van der Waals surface area contributed by atoms with Crippen LogP contribution in [0.3, 0.4) is 0 Å². The number of pyridine rings is 1. The van der Waals surface area contributed by atoms with Gasteiger partial charge in [0, 0.05) is 49.8 Å². The minimum atomic E-state index is -0.820. The number of thioether (sulfide) groups is 1. The number of rotatable bonds is 2. The number of aromatic nitrogens is 1. The Labute approximate surface area is 148 Å². The minimum Gasteiger partial charge on any atom is -0.389 e. The standard InChI is InChI=1S/C15H18ClN3O4S/c16-13-4-10(20)3-12(17-13)15(23)19-2-1-18(5-11(21)6-19)14(22)9-7-24-8-9/h3-4,9,11,21H,1-2,5-8H2,(H,17,20). The Balaban J connectivity index is 1.71. The maximum atomic E-state index is 12.6. The molecule has 1 aromatic rings. The van der Waals surface area contributed by atoms with Gasteiger partial charge in [-0.25, -0.2) is 0 Å². The molecule has 0 aromatic carbocycles. The van der Waals surface area contributed by atoms with Gasteiger partial charge in [-0.3, -0.25) is 14.4 Å². The van der Waals surface area contributed by atoms with Crippen LogP contribution in [-0.4, -0.2) is 75.5 Å². The van der Waals surface area contributed by atoms with Crippen LogP contribution in [0.2, 0.25) is 5.15 Å². The molecule has 9 heteroatoms. The summed E-state index contributed by atoms with van der Waals surface area (Å²) in [6.45, 7) is 0.996. The fraction of sp³-hybridized carbons (Fsp3) is 0.533. The number of aromatic amines is 1. The Bertz CT molecular complexity index is 706. The van der Waals surface area contributed by atoms with Gasteiger partial charge in [-0.1, -0.05) is 11.6 Å². The zero-order valence-electron chi connectivity index (χ0n) is 12.9. The highest BCUT2D eigenvalue weighted by molar-refractivity contribution is 8.00. The summed E-state index contributed by atoms with van der Waals surface area (Å²) >= 11 is 7.51. The molecule has 2 aliphatic rings. The summed E-state index contributed by atoms with van der Waals surface area (Å²) in [4.78, 5) is 42.1. The highest BCUT2D eigenvalue weighted by Crippen LogP contribution is 2.26. The molecule has 7 nitrogen and oxygen atoms in total. The van der Waals surface area contributed by atoms with E-state index in [9.17, 15) is 19.5 Å². The van der Waals surface area contributed by atoms with Crippen LogP contribution in [-0.2, 0) is 4.79 Å². The van der Waals surface area contributed by atoms with E-state index in [1.807, 2.05) is 0 Å². The van der Waals surface area contributed by atoms with Gasteiger partial charge in [0.2, 0.25) is 5.91 Å². The molecule has 0 spiro atoms. The highest BCUT2D eigenvalue weighted by atomic mass is 35.5. The molecule has 0 bridgehead atoms. The second-order valence-electron chi connectivity index (χ2n) is 6.00. The van der Waals surface area contributed by atoms with E-state index in [0.29, 0.717) is 13.1 Å². The van der Waals surface area contributed by atoms with Crippen molar-refractivity contribution in [1.82, 2.24) is 14.8 Å². The van der Waals surface area contributed by atoms with E-state index < -0.39 is 12.0 Å². The average Bonchev–Trinajstić information content (AvgIpc) is 2.65. The maximum absolute atomic E-state index is 12.6. The van der Waals surface area contributed by atoms with Gasteiger partial charge in [0.25, 0.3) is 5.91 Å². The number of hydrogen-bond acceptors (Lipinski definition) is 5. The molecule has 2 N–H and O–H groups in total. The molecule has 2 saturated heterocycles.